The monoisotopic (exact) mass is 554 g/mol. The van der Waals surface area contributed by atoms with Crippen molar-refractivity contribution in [2.75, 3.05) is 13.2 Å². The lowest BCUT2D eigenvalue weighted by molar-refractivity contribution is 0.0951. The van der Waals surface area contributed by atoms with Crippen LogP contribution in [0.15, 0.2) is 48.8 Å². The molecule has 0 aliphatic carbocycles. The second-order valence-electron chi connectivity index (χ2n) is 6.07. The number of amides is 1. The lowest BCUT2D eigenvalue weighted by Crippen LogP contribution is -2.24. The molecule has 0 bridgehead atoms. The second kappa shape index (κ2) is 13.3. The lowest BCUT2D eigenvalue weighted by atomic mass is 10.2. The van der Waals surface area contributed by atoms with Crippen LogP contribution in [-0.4, -0.2) is 29.1 Å². The number of ether oxygens (including phenoxy) is 1. The molecule has 1 aromatic heterocycles. The van der Waals surface area contributed by atoms with Crippen LogP contribution in [0.4, 0.5) is 0 Å². The SMILES string of the molecule is Clc1cc(Cl)c(Oc2c(Cl)cc(Cl)cc2Cl)c(Cl)c1.O=C(NCCCO)c1cccnc1. The van der Waals surface area contributed by atoms with Gasteiger partial charge in [-0.2, -0.15) is 0 Å². The molecule has 2 N–H and O–H groups in total. The standard InChI is InChI=1S/C12H4Cl6O.C9H12N2O2/c13-5-1-7(15)11(8(16)2-5)19-12-9(17)3-6(14)4-10(12)18;12-6-2-5-11-9(13)8-3-1-4-10-7-8/h1-4H;1,3-4,7,12H,2,5-6H2,(H,11,13). The molecule has 3 rings (SSSR count). The maximum Gasteiger partial charge on any atom is 0.252 e. The van der Waals surface area contributed by atoms with Crippen molar-refractivity contribution in [2.24, 2.45) is 0 Å². The summed E-state index contributed by atoms with van der Waals surface area (Å²) in [5, 5.41) is 12.9. The molecular weight excluding hydrogens is 541 g/mol. The van der Waals surface area contributed by atoms with Gasteiger partial charge < -0.3 is 15.2 Å². The van der Waals surface area contributed by atoms with Crippen LogP contribution in [0.1, 0.15) is 16.8 Å². The van der Waals surface area contributed by atoms with Crippen molar-refractivity contribution in [3.8, 4) is 11.5 Å². The third kappa shape index (κ3) is 8.16. The van der Waals surface area contributed by atoms with Crippen molar-refractivity contribution in [1.29, 1.82) is 0 Å². The van der Waals surface area contributed by atoms with E-state index in [9.17, 15) is 4.79 Å². The van der Waals surface area contributed by atoms with E-state index in [0.717, 1.165) is 0 Å². The van der Waals surface area contributed by atoms with E-state index in [4.69, 9.17) is 79.4 Å². The quantitative estimate of drug-likeness (QED) is 0.307. The van der Waals surface area contributed by atoms with E-state index >= 15 is 0 Å². The summed E-state index contributed by atoms with van der Waals surface area (Å²) < 4.78 is 5.57. The predicted molar refractivity (Wildman–Crippen MR) is 131 cm³/mol. The highest BCUT2D eigenvalue weighted by atomic mass is 35.5. The molecule has 0 unspecified atom stereocenters. The maximum atomic E-state index is 11.3. The second-order valence-corrected chi connectivity index (χ2v) is 8.58. The van der Waals surface area contributed by atoms with Gasteiger partial charge in [0, 0.05) is 35.6 Å². The van der Waals surface area contributed by atoms with Gasteiger partial charge in [-0.25, -0.2) is 0 Å². The number of aliphatic hydroxyl groups excluding tert-OH is 1. The van der Waals surface area contributed by atoms with E-state index in [1.165, 1.54) is 30.5 Å². The highest BCUT2D eigenvalue weighted by Crippen LogP contribution is 2.44. The highest BCUT2D eigenvalue weighted by Gasteiger charge is 2.15. The first-order valence-electron chi connectivity index (χ1n) is 8.99. The number of hydrogen-bond acceptors (Lipinski definition) is 4. The summed E-state index contributed by atoms with van der Waals surface area (Å²) >= 11 is 35.7. The molecule has 3 aromatic rings. The number of aromatic nitrogens is 1. The number of nitrogens with zero attached hydrogens (tertiary/aromatic N) is 1. The van der Waals surface area contributed by atoms with E-state index in [1.807, 2.05) is 0 Å². The molecule has 2 aromatic carbocycles. The smallest absolute Gasteiger partial charge is 0.252 e. The number of benzene rings is 2. The minimum Gasteiger partial charge on any atom is -0.451 e. The number of aliphatic hydroxyl groups is 1. The van der Waals surface area contributed by atoms with Gasteiger partial charge in [0.15, 0.2) is 11.5 Å². The van der Waals surface area contributed by atoms with Crippen LogP contribution in [0.25, 0.3) is 0 Å². The molecule has 1 amide bonds. The fourth-order valence-electron chi connectivity index (χ4n) is 2.24. The van der Waals surface area contributed by atoms with Crippen molar-refractivity contribution in [3.05, 3.63) is 84.5 Å². The van der Waals surface area contributed by atoms with Crippen molar-refractivity contribution in [1.82, 2.24) is 10.3 Å². The number of hydrogen-bond donors (Lipinski definition) is 2. The van der Waals surface area contributed by atoms with E-state index < -0.39 is 0 Å². The topological polar surface area (TPSA) is 71.5 Å². The molecule has 0 radical (unpaired) electrons. The highest BCUT2D eigenvalue weighted by molar-refractivity contribution is 6.41. The van der Waals surface area contributed by atoms with Crippen LogP contribution in [-0.2, 0) is 0 Å². The summed E-state index contributed by atoms with van der Waals surface area (Å²) in [6.07, 6.45) is 3.70. The van der Waals surface area contributed by atoms with Gasteiger partial charge in [-0.15, -0.1) is 0 Å². The Hall–Kier alpha value is -1.44. The van der Waals surface area contributed by atoms with Crippen LogP contribution in [0, 0.1) is 0 Å². The summed E-state index contributed by atoms with van der Waals surface area (Å²) in [6.45, 7) is 0.581. The average molecular weight is 557 g/mol. The minimum absolute atomic E-state index is 0.0906. The molecule has 32 heavy (non-hydrogen) atoms. The molecule has 11 heteroatoms. The molecule has 170 valence electrons. The number of pyridine rings is 1. The van der Waals surface area contributed by atoms with Crippen molar-refractivity contribution < 1.29 is 14.6 Å². The first-order valence-corrected chi connectivity index (χ1v) is 11.3. The summed E-state index contributed by atoms with van der Waals surface area (Å²) in [5.74, 6) is 0.291. The van der Waals surface area contributed by atoms with Gasteiger partial charge in [0.2, 0.25) is 0 Å². The van der Waals surface area contributed by atoms with Gasteiger partial charge in [0.1, 0.15) is 0 Å². The van der Waals surface area contributed by atoms with Crippen molar-refractivity contribution in [2.45, 2.75) is 6.42 Å². The summed E-state index contributed by atoms with van der Waals surface area (Å²) in [5.41, 5.74) is 0.542. The van der Waals surface area contributed by atoms with Crippen molar-refractivity contribution >= 4 is 75.5 Å². The Morgan fingerprint density at radius 3 is 1.81 bits per heavy atom. The summed E-state index contributed by atoms with van der Waals surface area (Å²) in [4.78, 5) is 15.1. The molecule has 0 saturated heterocycles. The van der Waals surface area contributed by atoms with E-state index in [-0.39, 0.29) is 44.1 Å². The Labute approximate surface area is 215 Å². The van der Waals surface area contributed by atoms with Gasteiger partial charge in [-0.3, -0.25) is 9.78 Å². The fraction of sp³-hybridized carbons (Fsp3) is 0.143. The molecule has 0 aliphatic rings. The third-order valence-electron chi connectivity index (χ3n) is 3.67. The van der Waals surface area contributed by atoms with E-state index in [1.54, 1.807) is 18.3 Å². The normalized spacial score (nSPS) is 10.2. The number of rotatable bonds is 6. The van der Waals surface area contributed by atoms with Crippen LogP contribution in [0.3, 0.4) is 0 Å². The molecule has 0 aliphatic heterocycles. The van der Waals surface area contributed by atoms with E-state index in [0.29, 0.717) is 28.6 Å². The molecule has 0 atom stereocenters. The molecular formula is C21H16Cl6N2O3. The molecule has 5 nitrogen and oxygen atoms in total. The van der Waals surface area contributed by atoms with Gasteiger partial charge in [-0.1, -0.05) is 69.6 Å². The summed E-state index contributed by atoms with van der Waals surface area (Å²) in [7, 11) is 0. The number of halogens is 6. The number of nitrogens with one attached hydrogen (secondary N) is 1. The van der Waals surface area contributed by atoms with Gasteiger partial charge in [0.05, 0.1) is 25.7 Å². The van der Waals surface area contributed by atoms with Gasteiger partial charge in [-0.05, 0) is 42.8 Å². The van der Waals surface area contributed by atoms with Crippen LogP contribution in [0.2, 0.25) is 30.1 Å². The average Bonchev–Trinajstić information content (AvgIpc) is 2.73. The van der Waals surface area contributed by atoms with Crippen LogP contribution < -0.4 is 10.1 Å². The van der Waals surface area contributed by atoms with E-state index in [2.05, 4.69) is 10.3 Å². The van der Waals surface area contributed by atoms with Crippen molar-refractivity contribution in [3.63, 3.8) is 0 Å². The van der Waals surface area contributed by atoms with Crippen LogP contribution in [0.5, 0.6) is 11.5 Å². The Morgan fingerprint density at radius 2 is 1.41 bits per heavy atom. The third-order valence-corrected chi connectivity index (χ3v) is 5.23. The predicted octanol–water partition coefficient (Wildman–Crippen LogP) is 7.59. The largest absolute Gasteiger partial charge is 0.451 e. The zero-order valence-corrected chi connectivity index (χ0v) is 20.8. The Morgan fingerprint density at radius 1 is 0.906 bits per heavy atom. The first kappa shape index (κ1) is 26.8. The van der Waals surface area contributed by atoms with Crippen LogP contribution >= 0.6 is 69.6 Å². The van der Waals surface area contributed by atoms with Gasteiger partial charge >= 0.3 is 0 Å². The minimum atomic E-state index is -0.151. The fourth-order valence-corrected chi connectivity index (χ4v) is 4.02. The van der Waals surface area contributed by atoms with Gasteiger partial charge in [0.25, 0.3) is 5.91 Å². The Kier molecular flexibility index (Phi) is 11.2. The molecule has 0 saturated carbocycles. The molecule has 0 fully saturated rings. The molecule has 0 spiro atoms. The Balaban J connectivity index is 0.000000244. The number of carbonyl (C=O) groups is 1. The maximum absolute atomic E-state index is 11.3. The number of carbonyl (C=O) groups excluding carboxylic acids is 1. The zero-order chi connectivity index (χ0) is 23.7. The summed E-state index contributed by atoms with van der Waals surface area (Å²) in [6, 6.07) is 9.41. The Bertz CT molecular complexity index is 965. The zero-order valence-electron chi connectivity index (χ0n) is 16.2. The first-order chi connectivity index (χ1) is 15.2. The lowest BCUT2D eigenvalue weighted by Gasteiger charge is -2.12. The molecule has 1 heterocycles.